The number of nitrogens with one attached hydrogen (secondary N) is 1. The average molecular weight is 302 g/mol. The number of hydrogen-bond donors (Lipinski definition) is 1. The van der Waals surface area contributed by atoms with Gasteiger partial charge in [-0.25, -0.2) is 0 Å². The van der Waals surface area contributed by atoms with E-state index in [9.17, 15) is 4.79 Å². The summed E-state index contributed by atoms with van der Waals surface area (Å²) in [5.41, 5.74) is 1.27. The van der Waals surface area contributed by atoms with Crippen LogP contribution >= 0.6 is 11.8 Å². The number of aromatic nitrogens is 3. The maximum Gasteiger partial charge on any atom is 0.233 e. The fourth-order valence-electron chi connectivity index (χ4n) is 2.48. The molecule has 0 aliphatic carbocycles. The first-order chi connectivity index (χ1) is 10.3. The third kappa shape index (κ3) is 3.10. The molecule has 0 spiro atoms. The number of amides is 1. The Morgan fingerprint density at radius 3 is 3.14 bits per heavy atom. The summed E-state index contributed by atoms with van der Waals surface area (Å²) in [6.45, 7) is 3.51. The van der Waals surface area contributed by atoms with Crippen molar-refractivity contribution in [3.8, 4) is 0 Å². The van der Waals surface area contributed by atoms with Crippen LogP contribution in [-0.2, 0) is 24.2 Å². The van der Waals surface area contributed by atoms with Gasteiger partial charge in [-0.2, -0.15) is 0 Å². The fourth-order valence-corrected chi connectivity index (χ4v) is 3.70. The van der Waals surface area contributed by atoms with E-state index in [0.717, 1.165) is 18.8 Å². The minimum absolute atomic E-state index is 0.00792. The Balaban J connectivity index is 1.50. The largest absolute Gasteiger partial charge is 0.355 e. The lowest BCUT2D eigenvalue weighted by atomic mass is 10.1. The summed E-state index contributed by atoms with van der Waals surface area (Å²) in [6, 6.07) is 8.22. The van der Waals surface area contributed by atoms with Gasteiger partial charge >= 0.3 is 0 Å². The minimum Gasteiger partial charge on any atom is -0.355 e. The number of carbonyl (C=O) groups excluding carboxylic acids is 1. The quantitative estimate of drug-likeness (QED) is 0.913. The first kappa shape index (κ1) is 14.1. The van der Waals surface area contributed by atoms with Gasteiger partial charge in [-0.15, -0.1) is 22.0 Å². The number of benzene rings is 1. The number of aryl methyl sites for hydroxylation is 1. The summed E-state index contributed by atoms with van der Waals surface area (Å²) in [5, 5.41) is 11.0. The van der Waals surface area contributed by atoms with Crippen molar-refractivity contribution in [1.29, 1.82) is 0 Å². The molecule has 1 aliphatic rings. The zero-order valence-electron chi connectivity index (χ0n) is 12.0. The normalized spacial score (nSPS) is 16.7. The van der Waals surface area contributed by atoms with Gasteiger partial charge in [-0.3, -0.25) is 4.79 Å². The van der Waals surface area contributed by atoms with E-state index in [0.29, 0.717) is 13.0 Å². The molecule has 0 fully saturated rings. The van der Waals surface area contributed by atoms with Crippen molar-refractivity contribution in [2.45, 2.75) is 36.5 Å². The minimum atomic E-state index is -0.00792. The Morgan fingerprint density at radius 2 is 2.33 bits per heavy atom. The lowest BCUT2D eigenvalue weighted by Gasteiger charge is -2.10. The van der Waals surface area contributed by atoms with Crippen molar-refractivity contribution >= 4 is 17.7 Å². The molecule has 0 unspecified atom stereocenters. The molecule has 3 rings (SSSR count). The van der Waals surface area contributed by atoms with Crippen LogP contribution in [0.15, 0.2) is 35.5 Å². The molecular weight excluding hydrogens is 284 g/mol. The fraction of sp³-hybridized carbons (Fsp3) is 0.400. The number of rotatable bonds is 5. The zero-order valence-corrected chi connectivity index (χ0v) is 12.8. The van der Waals surface area contributed by atoms with E-state index in [4.69, 9.17) is 0 Å². The van der Waals surface area contributed by atoms with E-state index in [-0.39, 0.29) is 11.2 Å². The monoisotopic (exact) mass is 302 g/mol. The second-order valence-corrected chi connectivity index (χ2v) is 6.24. The highest BCUT2D eigenvalue weighted by Crippen LogP contribution is 2.36. The smallest absolute Gasteiger partial charge is 0.233 e. The van der Waals surface area contributed by atoms with Gasteiger partial charge in [-0.05, 0) is 25.0 Å². The van der Waals surface area contributed by atoms with Crippen molar-refractivity contribution < 1.29 is 4.79 Å². The van der Waals surface area contributed by atoms with Gasteiger partial charge < -0.3 is 9.88 Å². The summed E-state index contributed by atoms with van der Waals surface area (Å²) < 4.78 is 1.99. The van der Waals surface area contributed by atoms with Gasteiger partial charge in [0.05, 0.1) is 5.25 Å². The van der Waals surface area contributed by atoms with Crippen LogP contribution < -0.4 is 5.32 Å². The molecule has 2 heterocycles. The van der Waals surface area contributed by atoms with Crippen LogP contribution in [0.1, 0.15) is 18.3 Å². The van der Waals surface area contributed by atoms with Crippen molar-refractivity contribution in [3.05, 3.63) is 42.0 Å². The number of hydrogen-bond acceptors (Lipinski definition) is 4. The van der Waals surface area contributed by atoms with Crippen LogP contribution in [0.25, 0.3) is 0 Å². The summed E-state index contributed by atoms with van der Waals surface area (Å²) in [5.74, 6) is 1.03. The number of carbonyl (C=O) groups is 1. The predicted octanol–water partition coefficient (Wildman–Crippen LogP) is 1.67. The van der Waals surface area contributed by atoms with Crippen molar-refractivity contribution in [3.63, 3.8) is 0 Å². The Kier molecular flexibility index (Phi) is 4.24. The van der Waals surface area contributed by atoms with Gasteiger partial charge in [0.1, 0.15) is 12.2 Å². The molecule has 110 valence electrons. The topological polar surface area (TPSA) is 59.8 Å². The Labute approximate surface area is 128 Å². The number of nitrogens with zero attached hydrogens (tertiary/aromatic N) is 3. The van der Waals surface area contributed by atoms with Crippen LogP contribution in [0, 0.1) is 0 Å². The van der Waals surface area contributed by atoms with E-state index >= 15 is 0 Å². The Bertz CT molecular complexity index is 615. The summed E-state index contributed by atoms with van der Waals surface area (Å²) in [4.78, 5) is 13.4. The molecule has 0 bridgehead atoms. The average Bonchev–Trinajstić information content (AvgIpc) is 3.13. The highest BCUT2D eigenvalue weighted by atomic mass is 32.2. The molecule has 1 aromatic heterocycles. The van der Waals surface area contributed by atoms with Gasteiger partial charge in [0, 0.05) is 24.4 Å². The van der Waals surface area contributed by atoms with Crippen LogP contribution in [0.4, 0.5) is 0 Å². The molecule has 1 aliphatic heterocycles. The molecule has 1 atom stereocenters. The van der Waals surface area contributed by atoms with Gasteiger partial charge in [-0.1, -0.05) is 18.2 Å². The predicted molar refractivity (Wildman–Crippen MR) is 82.2 cm³/mol. The van der Waals surface area contributed by atoms with E-state index in [1.807, 2.05) is 16.7 Å². The van der Waals surface area contributed by atoms with Crippen LogP contribution in [0.2, 0.25) is 0 Å². The van der Waals surface area contributed by atoms with Crippen LogP contribution in [0.5, 0.6) is 0 Å². The summed E-state index contributed by atoms with van der Waals surface area (Å²) in [6.07, 6.45) is 3.25. The number of thioether (sulfide) groups is 1. The van der Waals surface area contributed by atoms with E-state index in [1.165, 1.54) is 10.5 Å². The first-order valence-electron chi connectivity index (χ1n) is 7.17. The molecule has 21 heavy (non-hydrogen) atoms. The summed E-state index contributed by atoms with van der Waals surface area (Å²) in [7, 11) is 0. The molecule has 0 radical (unpaired) electrons. The third-order valence-corrected chi connectivity index (χ3v) is 4.94. The molecule has 6 heteroatoms. The van der Waals surface area contributed by atoms with Gasteiger partial charge in [0.15, 0.2) is 0 Å². The SMILES string of the molecule is CCn1cnnc1CCNC(=O)[C@H]1Cc2ccccc2S1. The lowest BCUT2D eigenvalue weighted by molar-refractivity contribution is -0.120. The van der Waals surface area contributed by atoms with Crippen molar-refractivity contribution in [1.82, 2.24) is 20.1 Å². The lowest BCUT2D eigenvalue weighted by Crippen LogP contribution is -2.34. The van der Waals surface area contributed by atoms with E-state index in [1.54, 1.807) is 18.1 Å². The molecule has 2 aromatic rings. The first-order valence-corrected chi connectivity index (χ1v) is 8.05. The zero-order chi connectivity index (χ0) is 14.7. The Hall–Kier alpha value is -1.82. The molecule has 5 nitrogen and oxygen atoms in total. The Morgan fingerprint density at radius 1 is 1.48 bits per heavy atom. The van der Waals surface area contributed by atoms with Crippen molar-refractivity contribution in [2.75, 3.05) is 6.54 Å². The van der Waals surface area contributed by atoms with E-state index < -0.39 is 0 Å². The molecule has 0 saturated carbocycles. The second-order valence-electron chi connectivity index (χ2n) is 4.99. The summed E-state index contributed by atoms with van der Waals surface area (Å²) >= 11 is 1.65. The standard InChI is InChI=1S/C15H18N4OS/c1-2-19-10-17-18-14(19)7-8-16-15(20)13-9-11-5-3-4-6-12(11)21-13/h3-6,10,13H,2,7-9H2,1H3,(H,16,20)/t13-/m1/s1. The maximum absolute atomic E-state index is 12.2. The molecule has 1 amide bonds. The molecule has 1 aromatic carbocycles. The highest BCUT2D eigenvalue weighted by molar-refractivity contribution is 8.01. The third-order valence-electron chi connectivity index (χ3n) is 3.62. The van der Waals surface area contributed by atoms with Gasteiger partial charge in [0.25, 0.3) is 0 Å². The van der Waals surface area contributed by atoms with Crippen LogP contribution in [-0.4, -0.2) is 32.5 Å². The number of fused-ring (bicyclic) bond motifs is 1. The maximum atomic E-state index is 12.2. The molecule has 0 saturated heterocycles. The van der Waals surface area contributed by atoms with Gasteiger partial charge in [0.2, 0.25) is 5.91 Å². The highest BCUT2D eigenvalue weighted by Gasteiger charge is 2.27. The van der Waals surface area contributed by atoms with Crippen molar-refractivity contribution in [2.24, 2.45) is 0 Å². The molecular formula is C15H18N4OS. The van der Waals surface area contributed by atoms with Crippen LogP contribution in [0.3, 0.4) is 0 Å². The van der Waals surface area contributed by atoms with E-state index in [2.05, 4.69) is 34.6 Å². The molecule has 1 N–H and O–H groups in total. The second kappa shape index (κ2) is 6.30.